The lowest BCUT2D eigenvalue weighted by molar-refractivity contribution is -0.121. The topological polar surface area (TPSA) is 38.3 Å². The minimum atomic E-state index is -0.0825. The molecule has 2 aromatic rings. The zero-order chi connectivity index (χ0) is 16.8. The van der Waals surface area contributed by atoms with Crippen LogP contribution in [-0.4, -0.2) is 12.5 Å². The van der Waals surface area contributed by atoms with Gasteiger partial charge in [0.05, 0.1) is 29.1 Å². The summed E-state index contributed by atoms with van der Waals surface area (Å²) < 4.78 is 5.41. The molecule has 0 bridgehead atoms. The largest absolute Gasteiger partial charge is 0.494 e. The van der Waals surface area contributed by atoms with Crippen LogP contribution in [0, 0.1) is 0 Å². The second kappa shape index (κ2) is 8.23. The maximum absolute atomic E-state index is 12.1. The van der Waals surface area contributed by atoms with Gasteiger partial charge < -0.3 is 10.1 Å². The molecule has 2 rings (SSSR count). The summed E-state index contributed by atoms with van der Waals surface area (Å²) in [4.78, 5) is 12.1. The van der Waals surface area contributed by atoms with Crippen LogP contribution in [0.4, 0.5) is 0 Å². The SMILES string of the molecule is CCOc1ccc([C@@H](C)NC(=O)Cc2ccc(Cl)c(Cl)c2)cc1. The number of hydrogen-bond acceptors (Lipinski definition) is 2. The van der Waals surface area contributed by atoms with E-state index in [1.165, 1.54) is 0 Å². The molecule has 0 aliphatic heterocycles. The number of carbonyl (C=O) groups excluding carboxylic acids is 1. The van der Waals surface area contributed by atoms with E-state index in [1.807, 2.05) is 38.1 Å². The number of nitrogens with one attached hydrogen (secondary N) is 1. The Morgan fingerprint density at radius 2 is 1.83 bits per heavy atom. The highest BCUT2D eigenvalue weighted by Gasteiger charge is 2.11. The fourth-order valence-corrected chi connectivity index (χ4v) is 2.55. The van der Waals surface area contributed by atoms with E-state index in [-0.39, 0.29) is 18.4 Å². The van der Waals surface area contributed by atoms with E-state index in [0.29, 0.717) is 16.7 Å². The number of hydrogen-bond donors (Lipinski definition) is 1. The molecule has 3 nitrogen and oxygen atoms in total. The van der Waals surface area contributed by atoms with Gasteiger partial charge in [0.15, 0.2) is 0 Å². The van der Waals surface area contributed by atoms with Crippen LogP contribution in [0.3, 0.4) is 0 Å². The highest BCUT2D eigenvalue weighted by atomic mass is 35.5. The molecule has 5 heteroatoms. The first-order valence-corrected chi connectivity index (χ1v) is 8.21. The Balaban J connectivity index is 1.94. The number of ether oxygens (including phenoxy) is 1. The minimum absolute atomic E-state index is 0.0650. The van der Waals surface area contributed by atoms with Crippen molar-refractivity contribution in [2.45, 2.75) is 26.3 Å². The molecule has 0 aliphatic rings. The van der Waals surface area contributed by atoms with Crippen molar-refractivity contribution in [3.63, 3.8) is 0 Å². The number of amides is 1. The molecule has 1 N–H and O–H groups in total. The van der Waals surface area contributed by atoms with E-state index >= 15 is 0 Å². The molecule has 23 heavy (non-hydrogen) atoms. The van der Waals surface area contributed by atoms with E-state index in [4.69, 9.17) is 27.9 Å². The molecule has 0 unspecified atom stereocenters. The summed E-state index contributed by atoms with van der Waals surface area (Å²) in [5.41, 5.74) is 1.85. The summed E-state index contributed by atoms with van der Waals surface area (Å²) in [6, 6.07) is 12.8. The van der Waals surface area contributed by atoms with Crippen LogP contribution in [0.15, 0.2) is 42.5 Å². The number of halogens is 2. The Morgan fingerprint density at radius 1 is 1.13 bits per heavy atom. The van der Waals surface area contributed by atoms with Gasteiger partial charge in [-0.05, 0) is 49.2 Å². The Morgan fingerprint density at radius 3 is 2.43 bits per heavy atom. The molecule has 0 saturated carbocycles. The molecular formula is C18H19Cl2NO2. The Kier molecular flexibility index (Phi) is 6.31. The third kappa shape index (κ3) is 5.15. The average molecular weight is 352 g/mol. The molecule has 0 saturated heterocycles. The smallest absolute Gasteiger partial charge is 0.224 e. The number of benzene rings is 2. The number of carbonyl (C=O) groups is 1. The highest BCUT2D eigenvalue weighted by molar-refractivity contribution is 6.42. The maximum Gasteiger partial charge on any atom is 0.224 e. The van der Waals surface area contributed by atoms with E-state index in [0.717, 1.165) is 16.9 Å². The predicted molar refractivity (Wildman–Crippen MR) is 94.3 cm³/mol. The minimum Gasteiger partial charge on any atom is -0.494 e. The molecule has 1 amide bonds. The van der Waals surface area contributed by atoms with Crippen molar-refractivity contribution in [1.29, 1.82) is 0 Å². The molecule has 1 atom stereocenters. The summed E-state index contributed by atoms with van der Waals surface area (Å²) >= 11 is 11.8. The molecule has 0 fully saturated rings. The third-order valence-electron chi connectivity index (χ3n) is 3.42. The maximum atomic E-state index is 12.1. The van der Waals surface area contributed by atoms with E-state index in [1.54, 1.807) is 18.2 Å². The zero-order valence-corrected chi connectivity index (χ0v) is 14.6. The summed E-state index contributed by atoms with van der Waals surface area (Å²) in [5.74, 6) is 0.760. The standard InChI is InChI=1S/C18H19Cl2NO2/c1-3-23-15-7-5-14(6-8-15)12(2)21-18(22)11-13-4-9-16(19)17(20)10-13/h4-10,12H,3,11H2,1-2H3,(H,21,22)/t12-/m1/s1. The Labute approximate surface area is 146 Å². The van der Waals surface area contributed by atoms with E-state index < -0.39 is 0 Å². The lowest BCUT2D eigenvalue weighted by Gasteiger charge is -2.15. The Hall–Kier alpha value is -1.71. The van der Waals surface area contributed by atoms with Crippen molar-refractivity contribution in [1.82, 2.24) is 5.32 Å². The third-order valence-corrected chi connectivity index (χ3v) is 4.16. The van der Waals surface area contributed by atoms with Gasteiger partial charge in [-0.25, -0.2) is 0 Å². The van der Waals surface area contributed by atoms with E-state index in [2.05, 4.69) is 5.32 Å². The van der Waals surface area contributed by atoms with Gasteiger partial charge >= 0.3 is 0 Å². The van der Waals surface area contributed by atoms with Crippen molar-refractivity contribution < 1.29 is 9.53 Å². The highest BCUT2D eigenvalue weighted by Crippen LogP contribution is 2.23. The number of rotatable bonds is 6. The van der Waals surface area contributed by atoms with Crippen LogP contribution in [0.2, 0.25) is 10.0 Å². The van der Waals surface area contributed by atoms with Crippen molar-refractivity contribution in [2.75, 3.05) is 6.61 Å². The van der Waals surface area contributed by atoms with Crippen LogP contribution in [0.1, 0.15) is 31.0 Å². The predicted octanol–water partition coefficient (Wildman–Crippen LogP) is 4.81. The molecule has 0 spiro atoms. The van der Waals surface area contributed by atoms with Crippen LogP contribution in [0.5, 0.6) is 5.75 Å². The van der Waals surface area contributed by atoms with Gasteiger partial charge in [0.25, 0.3) is 0 Å². The molecule has 122 valence electrons. The molecule has 0 heterocycles. The second-order valence-electron chi connectivity index (χ2n) is 5.22. The summed E-state index contributed by atoms with van der Waals surface area (Å²) in [6.07, 6.45) is 0.262. The lowest BCUT2D eigenvalue weighted by Crippen LogP contribution is -2.28. The first-order valence-electron chi connectivity index (χ1n) is 7.45. The fraction of sp³-hybridized carbons (Fsp3) is 0.278. The van der Waals surface area contributed by atoms with Gasteiger partial charge in [-0.2, -0.15) is 0 Å². The van der Waals surface area contributed by atoms with Gasteiger partial charge in [-0.3, -0.25) is 4.79 Å². The van der Waals surface area contributed by atoms with Crippen LogP contribution >= 0.6 is 23.2 Å². The van der Waals surface area contributed by atoms with Gasteiger partial charge in [0.1, 0.15) is 5.75 Å². The Bertz CT molecular complexity index is 671. The quantitative estimate of drug-likeness (QED) is 0.810. The molecule has 2 aromatic carbocycles. The van der Waals surface area contributed by atoms with Crippen LogP contribution in [-0.2, 0) is 11.2 Å². The molecular weight excluding hydrogens is 333 g/mol. The van der Waals surface area contributed by atoms with Gasteiger partial charge in [0, 0.05) is 0 Å². The monoisotopic (exact) mass is 351 g/mol. The fourth-order valence-electron chi connectivity index (χ4n) is 2.23. The van der Waals surface area contributed by atoms with Gasteiger partial charge in [0.2, 0.25) is 5.91 Å². The van der Waals surface area contributed by atoms with Gasteiger partial charge in [-0.15, -0.1) is 0 Å². The van der Waals surface area contributed by atoms with Crippen molar-refractivity contribution in [3.05, 3.63) is 63.6 Å². The van der Waals surface area contributed by atoms with Crippen LogP contribution in [0.25, 0.3) is 0 Å². The normalized spacial score (nSPS) is 11.8. The van der Waals surface area contributed by atoms with E-state index in [9.17, 15) is 4.79 Å². The van der Waals surface area contributed by atoms with Crippen molar-refractivity contribution in [2.24, 2.45) is 0 Å². The lowest BCUT2D eigenvalue weighted by atomic mass is 10.1. The second-order valence-corrected chi connectivity index (χ2v) is 6.03. The summed E-state index contributed by atoms with van der Waals surface area (Å²) in [5, 5.41) is 3.91. The first kappa shape index (κ1) is 17.6. The molecule has 0 aromatic heterocycles. The van der Waals surface area contributed by atoms with Crippen molar-refractivity contribution in [3.8, 4) is 5.75 Å². The average Bonchev–Trinajstić information content (AvgIpc) is 2.52. The first-order chi connectivity index (χ1) is 11.0. The molecule has 0 aliphatic carbocycles. The molecule has 0 radical (unpaired) electrons. The summed E-state index contributed by atoms with van der Waals surface area (Å²) in [7, 11) is 0. The summed E-state index contributed by atoms with van der Waals surface area (Å²) in [6.45, 7) is 4.53. The zero-order valence-electron chi connectivity index (χ0n) is 13.1. The van der Waals surface area contributed by atoms with Gasteiger partial charge in [-0.1, -0.05) is 41.4 Å². The van der Waals surface area contributed by atoms with Crippen LogP contribution < -0.4 is 10.1 Å². The van der Waals surface area contributed by atoms with Crippen molar-refractivity contribution >= 4 is 29.1 Å².